The van der Waals surface area contributed by atoms with Gasteiger partial charge in [-0.3, -0.25) is 9.80 Å². The predicted octanol–water partition coefficient (Wildman–Crippen LogP) is 5.11. The minimum atomic E-state index is 0.416. The van der Waals surface area contributed by atoms with E-state index in [0.29, 0.717) is 12.1 Å². The van der Waals surface area contributed by atoms with E-state index in [1.165, 1.54) is 20.9 Å². The maximum absolute atomic E-state index is 6.37. The highest BCUT2D eigenvalue weighted by Gasteiger charge is 2.30. The SMILES string of the molecule is CC(C)N1CCN(C2Cc3ccccc3Sc3ccc(Cl)cc32)CC1. The fraction of sp³-hybridized carbons (Fsp3) is 0.429. The van der Waals surface area contributed by atoms with Gasteiger partial charge in [0.05, 0.1) is 0 Å². The van der Waals surface area contributed by atoms with Crippen molar-refractivity contribution in [2.75, 3.05) is 26.2 Å². The van der Waals surface area contributed by atoms with Crippen LogP contribution in [0.5, 0.6) is 0 Å². The van der Waals surface area contributed by atoms with Crippen molar-refractivity contribution >= 4 is 23.4 Å². The minimum Gasteiger partial charge on any atom is -0.298 e. The van der Waals surface area contributed by atoms with Gasteiger partial charge in [-0.2, -0.15) is 0 Å². The second-order valence-electron chi connectivity index (χ2n) is 7.28. The number of piperazine rings is 1. The lowest BCUT2D eigenvalue weighted by atomic mass is 9.96. The van der Waals surface area contributed by atoms with Gasteiger partial charge in [-0.15, -0.1) is 0 Å². The maximum atomic E-state index is 6.37. The Kier molecular flexibility index (Phi) is 5.10. The Bertz CT molecular complexity index is 753. The highest BCUT2D eigenvalue weighted by Crippen LogP contribution is 2.43. The Labute approximate surface area is 160 Å². The monoisotopic (exact) mass is 372 g/mol. The number of fused-ring (bicyclic) bond motifs is 2. The Morgan fingerprint density at radius 2 is 1.76 bits per heavy atom. The van der Waals surface area contributed by atoms with Crippen molar-refractivity contribution in [3.8, 4) is 0 Å². The summed E-state index contributed by atoms with van der Waals surface area (Å²) in [4.78, 5) is 7.98. The third-order valence-corrected chi connectivity index (χ3v) is 6.90. The van der Waals surface area contributed by atoms with Crippen LogP contribution in [-0.2, 0) is 6.42 Å². The van der Waals surface area contributed by atoms with E-state index < -0.39 is 0 Å². The van der Waals surface area contributed by atoms with Crippen LogP contribution < -0.4 is 0 Å². The minimum absolute atomic E-state index is 0.416. The predicted molar refractivity (Wildman–Crippen MR) is 107 cm³/mol. The number of halogens is 1. The molecule has 132 valence electrons. The van der Waals surface area contributed by atoms with E-state index >= 15 is 0 Å². The average molecular weight is 373 g/mol. The smallest absolute Gasteiger partial charge is 0.0410 e. The molecule has 1 fully saturated rings. The van der Waals surface area contributed by atoms with E-state index in [0.717, 1.165) is 37.6 Å². The van der Waals surface area contributed by atoms with Gasteiger partial charge in [0.15, 0.2) is 0 Å². The number of benzene rings is 2. The molecule has 0 aliphatic carbocycles. The second-order valence-corrected chi connectivity index (χ2v) is 8.80. The van der Waals surface area contributed by atoms with Crippen LogP contribution in [0.15, 0.2) is 52.3 Å². The van der Waals surface area contributed by atoms with E-state index in [1.807, 2.05) is 17.8 Å². The molecule has 4 rings (SSSR count). The molecule has 2 aliphatic heterocycles. The van der Waals surface area contributed by atoms with Gasteiger partial charge in [0, 0.05) is 53.1 Å². The van der Waals surface area contributed by atoms with Gasteiger partial charge in [-0.1, -0.05) is 41.6 Å². The lowest BCUT2D eigenvalue weighted by Crippen LogP contribution is -2.50. The van der Waals surface area contributed by atoms with Crippen LogP contribution in [0.25, 0.3) is 0 Å². The molecule has 2 aliphatic rings. The van der Waals surface area contributed by atoms with Gasteiger partial charge in [-0.25, -0.2) is 0 Å². The van der Waals surface area contributed by atoms with Crippen LogP contribution >= 0.6 is 23.4 Å². The van der Waals surface area contributed by atoms with E-state index in [9.17, 15) is 0 Å². The number of rotatable bonds is 2. The van der Waals surface area contributed by atoms with Crippen LogP contribution in [0, 0.1) is 0 Å². The summed E-state index contributed by atoms with van der Waals surface area (Å²) < 4.78 is 0. The van der Waals surface area contributed by atoms with Crippen molar-refractivity contribution in [1.82, 2.24) is 9.80 Å². The largest absolute Gasteiger partial charge is 0.298 e. The van der Waals surface area contributed by atoms with Crippen LogP contribution in [0.1, 0.15) is 31.0 Å². The molecule has 4 heteroatoms. The summed E-state index contributed by atoms with van der Waals surface area (Å²) in [6, 6.07) is 16.3. The second kappa shape index (κ2) is 7.32. The lowest BCUT2D eigenvalue weighted by molar-refractivity contribution is 0.0768. The summed E-state index contributed by atoms with van der Waals surface area (Å²) in [7, 11) is 0. The molecule has 0 bridgehead atoms. The molecule has 1 unspecified atom stereocenters. The molecule has 2 aromatic rings. The van der Waals surface area contributed by atoms with Gasteiger partial charge < -0.3 is 0 Å². The Morgan fingerprint density at radius 3 is 2.52 bits per heavy atom. The molecule has 2 nitrogen and oxygen atoms in total. The fourth-order valence-electron chi connectivity index (χ4n) is 3.97. The number of hydrogen-bond acceptors (Lipinski definition) is 3. The summed E-state index contributed by atoms with van der Waals surface area (Å²) in [5, 5.41) is 0.844. The molecule has 2 heterocycles. The van der Waals surface area contributed by atoms with Gasteiger partial charge >= 0.3 is 0 Å². The van der Waals surface area contributed by atoms with Crippen LogP contribution in [0.4, 0.5) is 0 Å². The van der Waals surface area contributed by atoms with Crippen molar-refractivity contribution in [3.63, 3.8) is 0 Å². The van der Waals surface area contributed by atoms with E-state index in [4.69, 9.17) is 11.6 Å². The molecule has 1 atom stereocenters. The molecule has 0 aromatic heterocycles. The van der Waals surface area contributed by atoms with Gasteiger partial charge in [0.1, 0.15) is 0 Å². The van der Waals surface area contributed by atoms with Crippen molar-refractivity contribution in [3.05, 3.63) is 58.6 Å². The zero-order chi connectivity index (χ0) is 17.4. The van der Waals surface area contributed by atoms with Gasteiger partial charge in [0.2, 0.25) is 0 Å². The zero-order valence-electron chi connectivity index (χ0n) is 14.9. The van der Waals surface area contributed by atoms with Crippen molar-refractivity contribution < 1.29 is 0 Å². The molecular weight excluding hydrogens is 348 g/mol. The molecule has 2 aromatic carbocycles. The highest BCUT2D eigenvalue weighted by molar-refractivity contribution is 7.99. The Morgan fingerprint density at radius 1 is 1.00 bits per heavy atom. The van der Waals surface area contributed by atoms with Crippen LogP contribution in [-0.4, -0.2) is 42.0 Å². The Balaban J connectivity index is 1.68. The fourth-order valence-corrected chi connectivity index (χ4v) is 5.27. The molecule has 0 amide bonds. The van der Waals surface area contributed by atoms with Crippen LogP contribution in [0.3, 0.4) is 0 Å². The Hall–Kier alpha value is -1.00. The summed E-state index contributed by atoms with van der Waals surface area (Å²) in [6.07, 6.45) is 1.07. The van der Waals surface area contributed by atoms with E-state index in [-0.39, 0.29) is 0 Å². The normalized spacial score (nSPS) is 21.7. The quantitative estimate of drug-likeness (QED) is 0.722. The summed E-state index contributed by atoms with van der Waals surface area (Å²) in [5.74, 6) is 0. The number of hydrogen-bond donors (Lipinski definition) is 0. The topological polar surface area (TPSA) is 6.48 Å². The molecule has 0 saturated carbocycles. The summed E-state index contributed by atoms with van der Waals surface area (Å²) >= 11 is 8.26. The molecule has 0 spiro atoms. The molecular formula is C21H25ClN2S. The van der Waals surface area contributed by atoms with Crippen molar-refractivity contribution in [2.24, 2.45) is 0 Å². The third kappa shape index (κ3) is 3.61. The van der Waals surface area contributed by atoms with Crippen molar-refractivity contribution in [2.45, 2.75) is 42.1 Å². The van der Waals surface area contributed by atoms with Gasteiger partial charge in [-0.05, 0) is 55.7 Å². The first kappa shape index (κ1) is 17.4. The molecule has 0 N–H and O–H groups in total. The zero-order valence-corrected chi connectivity index (χ0v) is 16.5. The standard InChI is InChI=1S/C21H25ClN2S/c1-15(2)23-9-11-24(12-10-23)19-13-16-5-3-4-6-20(16)25-21-8-7-17(22)14-18(19)21/h3-8,14-15,19H,9-13H2,1-2H3. The average Bonchev–Trinajstić information content (AvgIpc) is 2.78. The molecule has 1 saturated heterocycles. The first-order valence-electron chi connectivity index (χ1n) is 9.15. The van der Waals surface area contributed by atoms with Crippen molar-refractivity contribution in [1.29, 1.82) is 0 Å². The highest BCUT2D eigenvalue weighted by atomic mass is 35.5. The summed E-state index contributed by atoms with van der Waals surface area (Å²) in [6.45, 7) is 9.15. The summed E-state index contributed by atoms with van der Waals surface area (Å²) in [5.41, 5.74) is 2.85. The maximum Gasteiger partial charge on any atom is 0.0410 e. The van der Waals surface area contributed by atoms with Gasteiger partial charge in [0.25, 0.3) is 0 Å². The molecule has 25 heavy (non-hydrogen) atoms. The first-order valence-corrected chi connectivity index (χ1v) is 10.3. The lowest BCUT2D eigenvalue weighted by Gasteiger charge is -2.41. The van der Waals surface area contributed by atoms with Crippen LogP contribution in [0.2, 0.25) is 5.02 Å². The molecule has 0 radical (unpaired) electrons. The first-order chi connectivity index (χ1) is 12.1. The third-order valence-electron chi connectivity index (χ3n) is 5.46. The van der Waals surface area contributed by atoms with E-state index in [1.54, 1.807) is 0 Å². The number of nitrogens with zero attached hydrogens (tertiary/aromatic N) is 2. The van der Waals surface area contributed by atoms with E-state index in [2.05, 4.69) is 60.0 Å².